The lowest BCUT2D eigenvalue weighted by Crippen LogP contribution is -2.61. The number of carbonyl (C=O) groups is 1. The van der Waals surface area contributed by atoms with Crippen LogP contribution < -0.4 is 5.32 Å². The molecule has 1 N–H and O–H groups in total. The molecular formula is C26H38N2O. The summed E-state index contributed by atoms with van der Waals surface area (Å²) < 4.78 is 0. The smallest absolute Gasteiger partial charge is 0.226 e. The zero-order valence-corrected chi connectivity index (χ0v) is 18.4. The third-order valence-corrected chi connectivity index (χ3v) is 8.59. The van der Waals surface area contributed by atoms with Crippen molar-refractivity contribution >= 4 is 5.91 Å². The first-order valence-corrected chi connectivity index (χ1v) is 11.9. The van der Waals surface area contributed by atoms with Crippen LogP contribution in [0, 0.1) is 22.2 Å². The van der Waals surface area contributed by atoms with E-state index in [1.165, 1.54) is 24.8 Å². The van der Waals surface area contributed by atoms with E-state index in [-0.39, 0.29) is 5.41 Å². The summed E-state index contributed by atoms with van der Waals surface area (Å²) in [6.45, 7) is 8.28. The van der Waals surface area contributed by atoms with Crippen LogP contribution in [0.15, 0.2) is 30.3 Å². The molecule has 1 aliphatic heterocycles. The Balaban J connectivity index is 1.15. The molecule has 1 heterocycles. The number of benzene rings is 1. The van der Waals surface area contributed by atoms with Gasteiger partial charge in [0.1, 0.15) is 0 Å². The third kappa shape index (κ3) is 3.87. The number of nitrogens with zero attached hydrogens (tertiary/aromatic N) is 1. The van der Waals surface area contributed by atoms with Crippen molar-refractivity contribution in [1.29, 1.82) is 0 Å². The summed E-state index contributed by atoms with van der Waals surface area (Å²) in [5.41, 5.74) is 2.18. The topological polar surface area (TPSA) is 32.3 Å². The number of piperidine rings is 1. The lowest BCUT2D eigenvalue weighted by atomic mass is 9.40. The number of hydrogen-bond donors (Lipinski definition) is 1. The molecule has 29 heavy (non-hydrogen) atoms. The zero-order valence-electron chi connectivity index (χ0n) is 18.4. The van der Waals surface area contributed by atoms with Crippen molar-refractivity contribution in [2.75, 3.05) is 19.6 Å². The van der Waals surface area contributed by atoms with Gasteiger partial charge >= 0.3 is 0 Å². The van der Waals surface area contributed by atoms with Gasteiger partial charge in [-0.25, -0.2) is 0 Å². The number of hydrogen-bond acceptors (Lipinski definition) is 2. The minimum Gasteiger partial charge on any atom is -0.353 e. The molecule has 158 valence electrons. The fourth-order valence-corrected chi connectivity index (χ4v) is 8.27. The third-order valence-electron chi connectivity index (χ3n) is 8.59. The number of carbonyl (C=O) groups excluding carboxylic acids is 1. The number of rotatable bonds is 5. The molecule has 3 nitrogen and oxygen atoms in total. The molecule has 1 aromatic rings. The molecule has 6 rings (SSSR count). The summed E-state index contributed by atoms with van der Waals surface area (Å²) >= 11 is 0. The second kappa shape index (κ2) is 7.11. The fourth-order valence-electron chi connectivity index (χ4n) is 8.27. The average molecular weight is 395 g/mol. The molecule has 4 saturated carbocycles. The van der Waals surface area contributed by atoms with Gasteiger partial charge in [-0.2, -0.15) is 0 Å². The summed E-state index contributed by atoms with van der Waals surface area (Å²) in [6.07, 6.45) is 10.8. The molecule has 0 radical (unpaired) electrons. The second-order valence-corrected chi connectivity index (χ2v) is 11.7. The largest absolute Gasteiger partial charge is 0.353 e. The number of likely N-dealkylation sites (tertiary alicyclic amines) is 1. The van der Waals surface area contributed by atoms with Crippen molar-refractivity contribution in [3.05, 3.63) is 35.9 Å². The van der Waals surface area contributed by atoms with Crippen LogP contribution in [0.5, 0.6) is 0 Å². The molecule has 5 fully saturated rings. The van der Waals surface area contributed by atoms with E-state index in [1.54, 1.807) is 0 Å². The van der Waals surface area contributed by atoms with Crippen LogP contribution >= 0.6 is 0 Å². The Kier molecular flexibility index (Phi) is 4.81. The molecule has 2 unspecified atom stereocenters. The predicted molar refractivity (Wildman–Crippen MR) is 118 cm³/mol. The van der Waals surface area contributed by atoms with Crippen LogP contribution in [-0.2, 0) is 11.2 Å². The van der Waals surface area contributed by atoms with Gasteiger partial charge < -0.3 is 10.2 Å². The Morgan fingerprint density at radius 1 is 1.00 bits per heavy atom. The molecule has 4 aliphatic carbocycles. The molecular weight excluding hydrogens is 356 g/mol. The van der Waals surface area contributed by atoms with Crippen molar-refractivity contribution in [2.45, 2.75) is 77.7 Å². The van der Waals surface area contributed by atoms with E-state index in [1.807, 2.05) is 0 Å². The molecule has 4 bridgehead atoms. The molecule has 1 aromatic carbocycles. The van der Waals surface area contributed by atoms with E-state index in [4.69, 9.17) is 0 Å². The van der Waals surface area contributed by atoms with E-state index < -0.39 is 0 Å². The Labute approximate surface area is 176 Å². The summed E-state index contributed by atoms with van der Waals surface area (Å²) in [4.78, 5) is 16.1. The minimum atomic E-state index is -0.0621. The predicted octanol–water partition coefficient (Wildman–Crippen LogP) is 4.81. The lowest BCUT2D eigenvalue weighted by Gasteiger charge is -2.64. The van der Waals surface area contributed by atoms with Gasteiger partial charge in [0.05, 0.1) is 5.41 Å². The average Bonchev–Trinajstić information content (AvgIpc) is 2.65. The second-order valence-electron chi connectivity index (χ2n) is 11.7. The van der Waals surface area contributed by atoms with E-state index in [9.17, 15) is 4.79 Å². The molecule has 0 aromatic heterocycles. The van der Waals surface area contributed by atoms with Crippen LogP contribution in [-0.4, -0.2) is 36.5 Å². The van der Waals surface area contributed by atoms with Crippen LogP contribution in [0.1, 0.15) is 70.8 Å². The molecule has 1 amide bonds. The van der Waals surface area contributed by atoms with Crippen molar-refractivity contribution in [1.82, 2.24) is 10.2 Å². The van der Waals surface area contributed by atoms with Crippen molar-refractivity contribution in [3.63, 3.8) is 0 Å². The highest BCUT2D eigenvalue weighted by atomic mass is 16.2. The Morgan fingerprint density at radius 3 is 2.28 bits per heavy atom. The quantitative estimate of drug-likeness (QED) is 0.777. The van der Waals surface area contributed by atoms with Crippen LogP contribution in [0.3, 0.4) is 0 Å². The maximum atomic E-state index is 13.5. The van der Waals surface area contributed by atoms with Crippen molar-refractivity contribution in [3.8, 4) is 0 Å². The summed E-state index contributed by atoms with van der Waals surface area (Å²) in [7, 11) is 0. The first-order chi connectivity index (χ1) is 13.9. The number of amides is 1. The first-order valence-electron chi connectivity index (χ1n) is 11.9. The van der Waals surface area contributed by atoms with Gasteiger partial charge in [0.25, 0.3) is 0 Å². The first kappa shape index (κ1) is 19.6. The Morgan fingerprint density at radius 2 is 1.66 bits per heavy atom. The summed E-state index contributed by atoms with van der Waals surface area (Å²) in [5, 5.41) is 3.54. The maximum absolute atomic E-state index is 13.5. The van der Waals surface area contributed by atoms with E-state index in [0.717, 1.165) is 64.1 Å². The lowest BCUT2D eigenvalue weighted by molar-refractivity contribution is -0.171. The fraction of sp³-hybridized carbons (Fsp3) is 0.731. The van der Waals surface area contributed by atoms with Crippen LogP contribution in [0.25, 0.3) is 0 Å². The van der Waals surface area contributed by atoms with Gasteiger partial charge in [-0.05, 0) is 80.1 Å². The van der Waals surface area contributed by atoms with Crippen LogP contribution in [0.2, 0.25) is 0 Å². The highest BCUT2D eigenvalue weighted by molar-refractivity contribution is 5.83. The van der Waals surface area contributed by atoms with Gasteiger partial charge in [0.2, 0.25) is 5.91 Å². The van der Waals surface area contributed by atoms with Gasteiger partial charge in [-0.3, -0.25) is 4.79 Å². The SMILES string of the molecule is CC12CC3CC(C)(C1)CC(C(=O)NC1CCN(CCc4ccccc4)CC1)(C3)C2. The van der Waals surface area contributed by atoms with Crippen molar-refractivity contribution in [2.24, 2.45) is 22.2 Å². The summed E-state index contributed by atoms with van der Waals surface area (Å²) in [6, 6.07) is 11.2. The van der Waals surface area contributed by atoms with E-state index in [0.29, 0.717) is 22.8 Å². The normalized spacial score (nSPS) is 39.6. The zero-order chi connectivity index (χ0) is 20.1. The number of nitrogens with one attached hydrogen (secondary N) is 1. The Bertz CT molecular complexity index is 733. The van der Waals surface area contributed by atoms with Crippen molar-refractivity contribution < 1.29 is 4.79 Å². The standard InChI is InChI=1S/C26H38N2O/c1-24-14-21-15-25(2,17-24)19-26(16-21,18-24)23(29)27-22-9-12-28(13-10-22)11-8-20-6-4-3-5-7-20/h3-7,21-22H,8-19H2,1-2H3,(H,27,29). The maximum Gasteiger partial charge on any atom is 0.226 e. The monoisotopic (exact) mass is 394 g/mol. The van der Waals surface area contributed by atoms with Gasteiger partial charge in [0.15, 0.2) is 0 Å². The van der Waals surface area contributed by atoms with Gasteiger partial charge in [-0.1, -0.05) is 44.2 Å². The minimum absolute atomic E-state index is 0.0621. The van der Waals surface area contributed by atoms with E-state index in [2.05, 4.69) is 54.4 Å². The Hall–Kier alpha value is -1.35. The highest BCUT2D eigenvalue weighted by Crippen LogP contribution is 2.69. The van der Waals surface area contributed by atoms with E-state index >= 15 is 0 Å². The molecule has 2 atom stereocenters. The molecule has 3 heteroatoms. The van der Waals surface area contributed by atoms with Crippen LogP contribution in [0.4, 0.5) is 0 Å². The summed E-state index contributed by atoms with van der Waals surface area (Å²) in [5.74, 6) is 1.19. The molecule has 0 spiro atoms. The molecule has 1 saturated heterocycles. The highest BCUT2D eigenvalue weighted by Gasteiger charge is 2.62. The van der Waals surface area contributed by atoms with Gasteiger partial charge in [-0.15, -0.1) is 0 Å². The molecule has 5 aliphatic rings. The van der Waals surface area contributed by atoms with Gasteiger partial charge in [0, 0.05) is 25.7 Å².